The minimum Gasteiger partial charge on any atom is -0.469 e. The van der Waals surface area contributed by atoms with Crippen molar-refractivity contribution in [3.63, 3.8) is 0 Å². The average molecular weight is 298 g/mol. The lowest BCUT2D eigenvalue weighted by Gasteiger charge is -2.17. The third-order valence-electron chi connectivity index (χ3n) is 3.72. The summed E-state index contributed by atoms with van der Waals surface area (Å²) in [5.41, 5.74) is 4.77. The number of nitrogens with two attached hydrogens (primary N) is 1. The van der Waals surface area contributed by atoms with Crippen LogP contribution in [0.25, 0.3) is 0 Å². The van der Waals surface area contributed by atoms with Crippen molar-refractivity contribution in [3.05, 3.63) is 29.3 Å². The zero-order chi connectivity index (χ0) is 15.7. The van der Waals surface area contributed by atoms with E-state index >= 15 is 0 Å². The lowest BCUT2D eigenvalue weighted by atomic mass is 9.99. The van der Waals surface area contributed by atoms with Gasteiger partial charge >= 0.3 is 5.97 Å². The van der Waals surface area contributed by atoms with E-state index in [1.54, 1.807) is 0 Å². The van der Waals surface area contributed by atoms with Crippen molar-refractivity contribution in [2.75, 3.05) is 25.9 Å². The maximum atomic E-state index is 13.7. The lowest BCUT2D eigenvalue weighted by Crippen LogP contribution is -2.31. The fourth-order valence-corrected chi connectivity index (χ4v) is 2.49. The van der Waals surface area contributed by atoms with Crippen molar-refractivity contribution >= 4 is 17.6 Å². The SMILES string of the molecule is COC(=O)C1CN(C(=O)c2cc(N)c(F)cc2F)CC1C. The summed E-state index contributed by atoms with van der Waals surface area (Å²) in [5, 5.41) is 0. The van der Waals surface area contributed by atoms with E-state index in [-0.39, 0.29) is 23.7 Å². The van der Waals surface area contributed by atoms with E-state index < -0.39 is 29.4 Å². The first-order chi connectivity index (χ1) is 9.85. The zero-order valence-electron chi connectivity index (χ0n) is 11.7. The Kier molecular flexibility index (Phi) is 4.11. The first-order valence-electron chi connectivity index (χ1n) is 6.46. The summed E-state index contributed by atoms with van der Waals surface area (Å²) < 4.78 is 31.5. The van der Waals surface area contributed by atoms with Gasteiger partial charge in [0, 0.05) is 19.2 Å². The molecule has 0 spiro atoms. The molecule has 2 N–H and O–H groups in total. The summed E-state index contributed by atoms with van der Waals surface area (Å²) in [6.07, 6.45) is 0. The van der Waals surface area contributed by atoms with Gasteiger partial charge in [-0.3, -0.25) is 9.59 Å². The third kappa shape index (κ3) is 2.81. The maximum Gasteiger partial charge on any atom is 0.310 e. The number of hydrogen-bond donors (Lipinski definition) is 1. The maximum absolute atomic E-state index is 13.7. The highest BCUT2D eigenvalue weighted by atomic mass is 19.1. The van der Waals surface area contributed by atoms with Crippen LogP contribution in [0.2, 0.25) is 0 Å². The molecule has 0 aromatic heterocycles. The number of amides is 1. The second-order valence-electron chi connectivity index (χ2n) is 5.17. The minimum atomic E-state index is -0.971. The van der Waals surface area contributed by atoms with E-state index in [4.69, 9.17) is 5.73 Å². The number of carbonyl (C=O) groups is 2. The van der Waals surface area contributed by atoms with Gasteiger partial charge in [-0.15, -0.1) is 0 Å². The van der Waals surface area contributed by atoms with Gasteiger partial charge in [-0.1, -0.05) is 6.92 Å². The van der Waals surface area contributed by atoms with Crippen LogP contribution in [0.4, 0.5) is 14.5 Å². The fourth-order valence-electron chi connectivity index (χ4n) is 2.49. The predicted octanol–water partition coefficient (Wildman–Crippen LogP) is 1.43. The molecule has 0 saturated carbocycles. The molecule has 1 aromatic rings. The van der Waals surface area contributed by atoms with E-state index in [0.717, 1.165) is 6.07 Å². The highest BCUT2D eigenvalue weighted by Gasteiger charge is 2.38. The number of methoxy groups -OCH3 is 1. The highest BCUT2D eigenvalue weighted by molar-refractivity contribution is 5.96. The van der Waals surface area contributed by atoms with Crippen LogP contribution in [0.1, 0.15) is 17.3 Å². The molecule has 1 saturated heterocycles. The zero-order valence-corrected chi connectivity index (χ0v) is 11.7. The quantitative estimate of drug-likeness (QED) is 0.662. The van der Waals surface area contributed by atoms with Crippen LogP contribution < -0.4 is 5.73 Å². The number of likely N-dealkylation sites (tertiary alicyclic amines) is 1. The molecule has 7 heteroatoms. The van der Waals surface area contributed by atoms with Crippen molar-refractivity contribution < 1.29 is 23.1 Å². The van der Waals surface area contributed by atoms with Gasteiger partial charge in [0.2, 0.25) is 0 Å². The Morgan fingerprint density at radius 3 is 2.57 bits per heavy atom. The van der Waals surface area contributed by atoms with Crippen LogP contribution in [-0.4, -0.2) is 37.0 Å². The molecular weight excluding hydrogens is 282 g/mol. The number of esters is 1. The Balaban J connectivity index is 2.22. The molecule has 114 valence electrons. The number of carbonyl (C=O) groups excluding carboxylic acids is 2. The smallest absolute Gasteiger partial charge is 0.310 e. The number of rotatable bonds is 2. The van der Waals surface area contributed by atoms with Gasteiger partial charge in [-0.25, -0.2) is 8.78 Å². The van der Waals surface area contributed by atoms with Crippen molar-refractivity contribution in [2.45, 2.75) is 6.92 Å². The largest absolute Gasteiger partial charge is 0.469 e. The van der Waals surface area contributed by atoms with Gasteiger partial charge in [0.15, 0.2) is 0 Å². The normalized spacial score (nSPS) is 21.4. The Hall–Kier alpha value is -2.18. The van der Waals surface area contributed by atoms with Gasteiger partial charge in [0.05, 0.1) is 24.3 Å². The summed E-state index contributed by atoms with van der Waals surface area (Å²) in [6.45, 7) is 2.25. The second-order valence-corrected chi connectivity index (χ2v) is 5.17. The van der Waals surface area contributed by atoms with Crippen LogP contribution in [0.5, 0.6) is 0 Å². The van der Waals surface area contributed by atoms with E-state index in [9.17, 15) is 18.4 Å². The topological polar surface area (TPSA) is 72.6 Å². The molecule has 1 aliphatic rings. The lowest BCUT2D eigenvalue weighted by molar-refractivity contribution is -0.146. The van der Waals surface area contributed by atoms with Gasteiger partial charge in [-0.05, 0) is 12.0 Å². The molecule has 0 bridgehead atoms. The van der Waals surface area contributed by atoms with Gasteiger partial charge in [-0.2, -0.15) is 0 Å². The standard InChI is InChI=1S/C14H16F2N2O3/c1-7-5-18(6-9(7)14(20)21-2)13(19)8-3-12(17)11(16)4-10(8)15/h3-4,7,9H,5-6,17H2,1-2H3. The fraction of sp³-hybridized carbons (Fsp3) is 0.429. The Bertz CT molecular complexity index is 592. The summed E-state index contributed by atoms with van der Waals surface area (Å²) in [4.78, 5) is 25.2. The monoisotopic (exact) mass is 298 g/mol. The number of hydrogen-bond acceptors (Lipinski definition) is 4. The third-order valence-corrected chi connectivity index (χ3v) is 3.72. The van der Waals surface area contributed by atoms with Gasteiger partial charge in [0.25, 0.3) is 5.91 Å². The number of nitrogen functional groups attached to an aromatic ring is 1. The molecule has 5 nitrogen and oxygen atoms in total. The molecule has 1 aliphatic heterocycles. The molecule has 0 radical (unpaired) electrons. The van der Waals surface area contributed by atoms with E-state index in [1.807, 2.05) is 6.92 Å². The highest BCUT2D eigenvalue weighted by Crippen LogP contribution is 2.27. The number of ether oxygens (including phenoxy) is 1. The van der Waals surface area contributed by atoms with Gasteiger partial charge < -0.3 is 15.4 Å². The molecule has 1 aromatic carbocycles. The summed E-state index contributed by atoms with van der Waals surface area (Å²) in [7, 11) is 1.28. The molecule has 2 atom stereocenters. The van der Waals surface area contributed by atoms with Gasteiger partial charge in [0.1, 0.15) is 11.6 Å². The molecule has 1 heterocycles. The van der Waals surface area contributed by atoms with Crippen LogP contribution >= 0.6 is 0 Å². The molecule has 21 heavy (non-hydrogen) atoms. The van der Waals surface area contributed by atoms with Crippen LogP contribution in [0.3, 0.4) is 0 Å². The molecular formula is C14H16F2N2O3. The first-order valence-corrected chi connectivity index (χ1v) is 6.46. The Morgan fingerprint density at radius 1 is 1.29 bits per heavy atom. The van der Waals surface area contributed by atoms with Crippen molar-refractivity contribution in [1.29, 1.82) is 0 Å². The summed E-state index contributed by atoms with van der Waals surface area (Å²) in [6, 6.07) is 1.56. The number of benzene rings is 1. The van der Waals surface area contributed by atoms with E-state index in [2.05, 4.69) is 4.74 Å². The van der Waals surface area contributed by atoms with E-state index in [0.29, 0.717) is 12.6 Å². The van der Waals surface area contributed by atoms with Crippen molar-refractivity contribution in [1.82, 2.24) is 4.90 Å². The number of halogens is 2. The van der Waals surface area contributed by atoms with E-state index in [1.165, 1.54) is 12.0 Å². The second kappa shape index (κ2) is 5.67. The molecule has 0 aliphatic carbocycles. The summed E-state index contributed by atoms with van der Waals surface area (Å²) in [5.74, 6) is -3.44. The van der Waals surface area contributed by atoms with Crippen molar-refractivity contribution in [2.24, 2.45) is 11.8 Å². The Labute approximate surface area is 120 Å². The number of anilines is 1. The number of nitrogens with zero attached hydrogens (tertiary/aromatic N) is 1. The minimum absolute atomic E-state index is 0.0951. The average Bonchev–Trinajstić information content (AvgIpc) is 2.83. The van der Waals surface area contributed by atoms with Crippen LogP contribution in [0, 0.1) is 23.5 Å². The molecule has 2 unspecified atom stereocenters. The van der Waals surface area contributed by atoms with Crippen LogP contribution in [-0.2, 0) is 9.53 Å². The first kappa shape index (κ1) is 15.2. The Morgan fingerprint density at radius 2 is 1.95 bits per heavy atom. The molecule has 1 fully saturated rings. The molecule has 2 rings (SSSR count). The van der Waals surface area contributed by atoms with Crippen molar-refractivity contribution in [3.8, 4) is 0 Å². The summed E-state index contributed by atoms with van der Waals surface area (Å²) >= 11 is 0. The molecule has 1 amide bonds. The van der Waals surface area contributed by atoms with Crippen LogP contribution in [0.15, 0.2) is 12.1 Å². The predicted molar refractivity (Wildman–Crippen MR) is 71.3 cm³/mol.